The molecule has 1 N–H and O–H groups in total. The largest absolute Gasteiger partial charge is 0.326 e. The summed E-state index contributed by atoms with van der Waals surface area (Å²) in [4.78, 5) is 16.5. The quantitative estimate of drug-likeness (QED) is 0.539. The molecule has 0 fully saturated rings. The van der Waals surface area contributed by atoms with E-state index in [-0.39, 0.29) is 10.8 Å². The summed E-state index contributed by atoms with van der Waals surface area (Å²) < 4.78 is 26.7. The van der Waals surface area contributed by atoms with E-state index in [9.17, 15) is 13.2 Å². The molecule has 0 saturated heterocycles. The van der Waals surface area contributed by atoms with Crippen molar-refractivity contribution in [3.05, 3.63) is 53.9 Å². The molecule has 1 heterocycles. The molecule has 158 valence electrons. The maximum Gasteiger partial charge on any atom is 0.243 e. The van der Waals surface area contributed by atoms with Crippen LogP contribution in [0.15, 0.2) is 58.8 Å². The lowest BCUT2D eigenvalue weighted by Crippen LogP contribution is -2.30. The Morgan fingerprint density at radius 3 is 2.13 bits per heavy atom. The minimum atomic E-state index is -3.47. The van der Waals surface area contributed by atoms with Crippen molar-refractivity contribution in [2.75, 3.05) is 18.4 Å². The third-order valence-corrected chi connectivity index (χ3v) is 7.69. The number of sulfonamides is 1. The van der Waals surface area contributed by atoms with Crippen molar-refractivity contribution in [2.45, 2.75) is 32.1 Å². The van der Waals surface area contributed by atoms with Crippen LogP contribution in [0.25, 0.3) is 21.8 Å². The van der Waals surface area contributed by atoms with Gasteiger partial charge in [-0.25, -0.2) is 13.4 Å². The highest BCUT2D eigenvalue weighted by molar-refractivity contribution is 7.89. The molecule has 3 rings (SSSR count). The fraction of sp³-hybridized carbons (Fsp3) is 0.273. The topological polar surface area (TPSA) is 79.4 Å². The standard InChI is InChI=1S/C22H25N3O3S2/c1-4-21(26)23-18-11-7-17(8-12-18)22-24-20(15-29-22)16-9-13-19(14-10-16)30(27,28)25(5-2)6-3/h7-15H,4-6H2,1-3H3,(H,23,26). The van der Waals surface area contributed by atoms with Gasteiger partial charge >= 0.3 is 0 Å². The minimum absolute atomic E-state index is 0.0225. The number of hydrogen-bond donors (Lipinski definition) is 1. The van der Waals surface area contributed by atoms with E-state index in [1.165, 1.54) is 15.6 Å². The van der Waals surface area contributed by atoms with Gasteiger partial charge in [0.2, 0.25) is 15.9 Å². The van der Waals surface area contributed by atoms with Crippen LogP contribution in [0.1, 0.15) is 27.2 Å². The summed E-state index contributed by atoms with van der Waals surface area (Å²) in [6.07, 6.45) is 0.437. The van der Waals surface area contributed by atoms with Crippen molar-refractivity contribution in [3.63, 3.8) is 0 Å². The molecule has 8 heteroatoms. The van der Waals surface area contributed by atoms with E-state index in [4.69, 9.17) is 0 Å². The fourth-order valence-electron chi connectivity index (χ4n) is 2.99. The molecule has 0 aliphatic carbocycles. The molecule has 3 aromatic rings. The second-order valence-electron chi connectivity index (χ2n) is 6.63. The number of nitrogens with one attached hydrogen (secondary N) is 1. The lowest BCUT2D eigenvalue weighted by Gasteiger charge is -2.18. The van der Waals surface area contributed by atoms with E-state index in [0.29, 0.717) is 19.5 Å². The highest BCUT2D eigenvalue weighted by Crippen LogP contribution is 2.30. The number of hydrogen-bond acceptors (Lipinski definition) is 5. The lowest BCUT2D eigenvalue weighted by molar-refractivity contribution is -0.115. The van der Waals surface area contributed by atoms with E-state index in [2.05, 4.69) is 10.3 Å². The van der Waals surface area contributed by atoms with Gasteiger partial charge in [-0.3, -0.25) is 4.79 Å². The third-order valence-electron chi connectivity index (χ3n) is 4.73. The van der Waals surface area contributed by atoms with Crippen molar-refractivity contribution in [1.29, 1.82) is 0 Å². The van der Waals surface area contributed by atoms with Crippen molar-refractivity contribution in [1.82, 2.24) is 9.29 Å². The molecule has 1 amide bonds. The summed E-state index contributed by atoms with van der Waals surface area (Å²) in [5, 5.41) is 5.64. The number of benzene rings is 2. The van der Waals surface area contributed by atoms with Gasteiger partial charge in [0.15, 0.2) is 0 Å². The van der Waals surface area contributed by atoms with E-state index in [1.807, 2.05) is 50.4 Å². The molecule has 2 aromatic carbocycles. The molecule has 0 aliphatic heterocycles. The predicted molar refractivity (Wildman–Crippen MR) is 122 cm³/mol. The number of carbonyl (C=O) groups excluding carboxylic acids is 1. The second kappa shape index (κ2) is 9.51. The average Bonchev–Trinajstić information content (AvgIpc) is 3.25. The molecule has 1 aromatic heterocycles. The molecule has 6 nitrogen and oxygen atoms in total. The Labute approximate surface area is 181 Å². The van der Waals surface area contributed by atoms with Crippen LogP contribution in [0.4, 0.5) is 5.69 Å². The summed E-state index contributed by atoms with van der Waals surface area (Å²) in [5.74, 6) is -0.0225. The van der Waals surface area contributed by atoms with Gasteiger partial charge in [-0.15, -0.1) is 11.3 Å². The van der Waals surface area contributed by atoms with Crippen LogP contribution in [0.5, 0.6) is 0 Å². The molecule has 0 unspecified atom stereocenters. The zero-order valence-electron chi connectivity index (χ0n) is 17.3. The Balaban J connectivity index is 1.79. The van der Waals surface area contributed by atoms with Gasteiger partial charge in [0.05, 0.1) is 10.6 Å². The summed E-state index contributed by atoms with van der Waals surface area (Å²) in [7, 11) is -3.47. The van der Waals surface area contributed by atoms with Crippen LogP contribution in [-0.4, -0.2) is 36.7 Å². The van der Waals surface area contributed by atoms with Gasteiger partial charge < -0.3 is 5.32 Å². The second-order valence-corrected chi connectivity index (χ2v) is 9.43. The van der Waals surface area contributed by atoms with Gasteiger partial charge in [-0.1, -0.05) is 32.9 Å². The van der Waals surface area contributed by atoms with Gasteiger partial charge in [-0.05, 0) is 36.4 Å². The maximum atomic E-state index is 12.6. The molecule has 0 aliphatic rings. The number of rotatable bonds is 8. The van der Waals surface area contributed by atoms with Crippen LogP contribution < -0.4 is 5.32 Å². The van der Waals surface area contributed by atoms with Crippen molar-refractivity contribution >= 4 is 33.0 Å². The number of nitrogens with zero attached hydrogens (tertiary/aromatic N) is 2. The summed E-state index contributed by atoms with van der Waals surface area (Å²) >= 11 is 1.52. The first kappa shape index (κ1) is 22.1. The SMILES string of the molecule is CCC(=O)Nc1ccc(-c2nc(-c3ccc(S(=O)(=O)N(CC)CC)cc3)cs2)cc1. The minimum Gasteiger partial charge on any atom is -0.326 e. The average molecular weight is 444 g/mol. The van der Waals surface area contributed by atoms with Crippen molar-refractivity contribution in [2.24, 2.45) is 0 Å². The van der Waals surface area contributed by atoms with Gasteiger partial charge in [0, 0.05) is 41.7 Å². The van der Waals surface area contributed by atoms with E-state index in [0.717, 1.165) is 27.5 Å². The smallest absolute Gasteiger partial charge is 0.243 e. The molecule has 0 radical (unpaired) electrons. The molecule has 0 spiro atoms. The first-order chi connectivity index (χ1) is 14.4. The third kappa shape index (κ3) is 4.77. The summed E-state index contributed by atoms with van der Waals surface area (Å²) in [6.45, 7) is 6.35. The maximum absolute atomic E-state index is 12.6. The molecule has 30 heavy (non-hydrogen) atoms. The Kier molecular flexibility index (Phi) is 7.02. The number of anilines is 1. The molecule has 0 bridgehead atoms. The van der Waals surface area contributed by atoms with E-state index in [1.54, 1.807) is 24.3 Å². The van der Waals surface area contributed by atoms with Gasteiger partial charge in [0.1, 0.15) is 5.01 Å². The monoisotopic (exact) mass is 443 g/mol. The zero-order chi connectivity index (χ0) is 21.7. The van der Waals surface area contributed by atoms with Crippen LogP contribution in [0.2, 0.25) is 0 Å². The number of thiazole rings is 1. The molecule has 0 saturated carbocycles. The first-order valence-electron chi connectivity index (χ1n) is 9.85. The van der Waals surface area contributed by atoms with Gasteiger partial charge in [0.25, 0.3) is 0 Å². The van der Waals surface area contributed by atoms with Gasteiger partial charge in [-0.2, -0.15) is 4.31 Å². The molecular weight excluding hydrogens is 418 g/mol. The Hall–Kier alpha value is -2.55. The highest BCUT2D eigenvalue weighted by Gasteiger charge is 2.21. The first-order valence-corrected chi connectivity index (χ1v) is 12.2. The van der Waals surface area contributed by atoms with Crippen molar-refractivity contribution in [3.8, 4) is 21.8 Å². The normalized spacial score (nSPS) is 11.6. The van der Waals surface area contributed by atoms with Crippen LogP contribution in [-0.2, 0) is 14.8 Å². The van der Waals surface area contributed by atoms with Crippen LogP contribution >= 0.6 is 11.3 Å². The summed E-state index contributed by atoms with van der Waals surface area (Å²) in [6, 6.07) is 14.4. The predicted octanol–water partition coefficient (Wildman–Crippen LogP) is 4.86. The lowest BCUT2D eigenvalue weighted by atomic mass is 10.2. The van der Waals surface area contributed by atoms with E-state index >= 15 is 0 Å². The fourth-order valence-corrected chi connectivity index (χ4v) is 5.29. The number of aromatic nitrogens is 1. The van der Waals surface area contributed by atoms with Crippen LogP contribution in [0.3, 0.4) is 0 Å². The summed E-state index contributed by atoms with van der Waals surface area (Å²) in [5.41, 5.74) is 3.38. The van der Waals surface area contributed by atoms with E-state index < -0.39 is 10.0 Å². The van der Waals surface area contributed by atoms with Crippen molar-refractivity contribution < 1.29 is 13.2 Å². The number of amides is 1. The Morgan fingerprint density at radius 2 is 1.57 bits per heavy atom. The molecule has 0 atom stereocenters. The van der Waals surface area contributed by atoms with Crippen LogP contribution in [0, 0.1) is 0 Å². The number of carbonyl (C=O) groups is 1. The molecular formula is C22H25N3O3S2. The Bertz CT molecular complexity index is 1100. The Morgan fingerprint density at radius 1 is 0.967 bits per heavy atom. The highest BCUT2D eigenvalue weighted by atomic mass is 32.2. The zero-order valence-corrected chi connectivity index (χ0v) is 18.9.